The van der Waals surface area contributed by atoms with Crippen LogP contribution in [0.1, 0.15) is 52.2 Å². The zero-order valence-corrected chi connectivity index (χ0v) is 21.4. The number of fused-ring (bicyclic) bond motifs is 1. The Morgan fingerprint density at radius 3 is 2.57 bits per heavy atom. The summed E-state index contributed by atoms with van der Waals surface area (Å²) in [5, 5.41) is 6.09. The lowest BCUT2D eigenvalue weighted by Gasteiger charge is -2.33. The summed E-state index contributed by atoms with van der Waals surface area (Å²) in [4.78, 5) is 30.0. The molecule has 6 nitrogen and oxygen atoms in total. The number of carbonyl (C=O) groups excluding carboxylic acids is 2. The van der Waals surface area contributed by atoms with Crippen molar-refractivity contribution in [2.24, 2.45) is 0 Å². The Balaban J connectivity index is 1.10. The molecule has 0 saturated carbocycles. The van der Waals surface area contributed by atoms with Crippen molar-refractivity contribution < 1.29 is 9.59 Å². The first-order valence-electron chi connectivity index (χ1n) is 13.4. The number of para-hydroxylation sites is 1. The predicted octanol–water partition coefficient (Wildman–Crippen LogP) is 5.28. The van der Waals surface area contributed by atoms with E-state index in [1.54, 1.807) is 0 Å². The van der Waals surface area contributed by atoms with Crippen LogP contribution in [0.3, 0.4) is 0 Å². The third-order valence-electron chi connectivity index (χ3n) is 7.50. The molecule has 2 aliphatic rings. The Bertz CT molecular complexity index is 1210. The summed E-state index contributed by atoms with van der Waals surface area (Å²) in [5.41, 5.74) is 5.50. The molecule has 2 aliphatic heterocycles. The van der Waals surface area contributed by atoms with E-state index >= 15 is 0 Å². The summed E-state index contributed by atoms with van der Waals surface area (Å²) in [5.74, 6) is 0.199. The molecule has 0 bridgehead atoms. The number of rotatable bonds is 7. The second-order valence-electron chi connectivity index (χ2n) is 10.1. The minimum absolute atomic E-state index is 0.0275. The zero-order valence-electron chi connectivity index (χ0n) is 21.4. The van der Waals surface area contributed by atoms with Gasteiger partial charge in [0.25, 0.3) is 5.91 Å². The molecule has 3 aromatic carbocycles. The molecule has 0 unspecified atom stereocenters. The molecule has 37 heavy (non-hydrogen) atoms. The predicted molar refractivity (Wildman–Crippen MR) is 148 cm³/mol. The number of anilines is 1. The lowest BCUT2D eigenvalue weighted by Crippen LogP contribution is -2.41. The van der Waals surface area contributed by atoms with Gasteiger partial charge in [-0.1, -0.05) is 54.6 Å². The van der Waals surface area contributed by atoms with E-state index in [-0.39, 0.29) is 17.9 Å². The van der Waals surface area contributed by atoms with Gasteiger partial charge in [-0.05, 0) is 66.6 Å². The van der Waals surface area contributed by atoms with E-state index in [1.165, 1.54) is 11.1 Å². The van der Waals surface area contributed by atoms with Crippen molar-refractivity contribution in [3.05, 3.63) is 101 Å². The highest BCUT2D eigenvalue weighted by atomic mass is 16.2. The fourth-order valence-electron chi connectivity index (χ4n) is 5.44. The van der Waals surface area contributed by atoms with Crippen LogP contribution in [0.5, 0.6) is 0 Å². The van der Waals surface area contributed by atoms with Crippen molar-refractivity contribution in [3.8, 4) is 0 Å². The molecule has 0 spiro atoms. The smallest absolute Gasteiger partial charge is 0.321 e. The van der Waals surface area contributed by atoms with Gasteiger partial charge in [-0.3, -0.25) is 9.69 Å². The highest BCUT2D eigenvalue weighted by Gasteiger charge is 2.25. The number of benzene rings is 3. The minimum atomic E-state index is -0.0676. The average molecular weight is 497 g/mol. The Kier molecular flexibility index (Phi) is 8.16. The first kappa shape index (κ1) is 25.0. The van der Waals surface area contributed by atoms with Crippen LogP contribution < -0.4 is 10.6 Å². The highest BCUT2D eigenvalue weighted by Crippen LogP contribution is 2.28. The van der Waals surface area contributed by atoms with Gasteiger partial charge in [0.05, 0.1) is 0 Å². The van der Waals surface area contributed by atoms with E-state index in [9.17, 15) is 9.59 Å². The van der Waals surface area contributed by atoms with Gasteiger partial charge in [0, 0.05) is 56.4 Å². The lowest BCUT2D eigenvalue weighted by atomic mass is 9.89. The Morgan fingerprint density at radius 1 is 0.892 bits per heavy atom. The number of nitrogens with one attached hydrogen (secondary N) is 2. The van der Waals surface area contributed by atoms with Crippen molar-refractivity contribution in [1.82, 2.24) is 15.1 Å². The lowest BCUT2D eigenvalue weighted by molar-refractivity contribution is 0.0951. The maximum absolute atomic E-state index is 12.9. The van der Waals surface area contributed by atoms with Crippen LogP contribution in [0.15, 0.2) is 78.9 Å². The van der Waals surface area contributed by atoms with E-state index in [0.29, 0.717) is 18.7 Å². The van der Waals surface area contributed by atoms with Gasteiger partial charge < -0.3 is 15.5 Å². The molecule has 3 amide bonds. The third kappa shape index (κ3) is 6.57. The largest absolute Gasteiger partial charge is 0.352 e. The SMILES string of the molecule is O=C(NCCCN1CCc2ccccc2C1)c1cccc([C@H]2CCCN(C(=O)Nc3ccccc3)C2)c1. The second-order valence-corrected chi connectivity index (χ2v) is 10.1. The van der Waals surface area contributed by atoms with Crippen LogP contribution in [0, 0.1) is 0 Å². The van der Waals surface area contributed by atoms with Crippen LogP contribution in [0.25, 0.3) is 0 Å². The van der Waals surface area contributed by atoms with Gasteiger partial charge in [-0.2, -0.15) is 0 Å². The summed E-state index contributed by atoms with van der Waals surface area (Å²) in [6.07, 6.45) is 3.99. The van der Waals surface area contributed by atoms with Gasteiger partial charge in [0.2, 0.25) is 0 Å². The van der Waals surface area contributed by atoms with Crippen LogP contribution >= 0.6 is 0 Å². The molecular weight excluding hydrogens is 460 g/mol. The monoisotopic (exact) mass is 496 g/mol. The number of nitrogens with zero attached hydrogens (tertiary/aromatic N) is 2. The summed E-state index contributed by atoms with van der Waals surface area (Å²) in [6.45, 7) is 5.12. The van der Waals surface area contributed by atoms with E-state index < -0.39 is 0 Å². The second kappa shape index (κ2) is 12.1. The maximum atomic E-state index is 12.9. The van der Waals surface area contributed by atoms with Crippen molar-refractivity contribution >= 4 is 17.6 Å². The number of amides is 3. The number of hydrogen-bond donors (Lipinski definition) is 2. The van der Waals surface area contributed by atoms with E-state index in [1.807, 2.05) is 53.4 Å². The molecule has 1 saturated heterocycles. The van der Waals surface area contributed by atoms with Gasteiger partial charge in [-0.25, -0.2) is 4.79 Å². The molecule has 3 aromatic rings. The van der Waals surface area contributed by atoms with Crippen molar-refractivity contribution in [2.75, 3.05) is 38.0 Å². The summed E-state index contributed by atoms with van der Waals surface area (Å²) in [6, 6.07) is 26.1. The Hall–Kier alpha value is -3.64. The Labute approximate surface area is 219 Å². The third-order valence-corrected chi connectivity index (χ3v) is 7.50. The van der Waals surface area contributed by atoms with Crippen molar-refractivity contribution in [3.63, 3.8) is 0 Å². The van der Waals surface area contributed by atoms with Crippen LogP contribution in [-0.4, -0.2) is 54.5 Å². The number of carbonyl (C=O) groups is 2. The van der Waals surface area contributed by atoms with Gasteiger partial charge >= 0.3 is 6.03 Å². The van der Waals surface area contributed by atoms with Crippen LogP contribution in [-0.2, 0) is 13.0 Å². The minimum Gasteiger partial charge on any atom is -0.352 e. The van der Waals surface area contributed by atoms with E-state index in [4.69, 9.17) is 0 Å². The molecule has 5 rings (SSSR count). The number of hydrogen-bond acceptors (Lipinski definition) is 3. The first-order valence-corrected chi connectivity index (χ1v) is 13.4. The van der Waals surface area contributed by atoms with E-state index in [0.717, 1.165) is 63.1 Å². The van der Waals surface area contributed by atoms with Crippen molar-refractivity contribution in [1.29, 1.82) is 0 Å². The zero-order chi connectivity index (χ0) is 25.5. The van der Waals surface area contributed by atoms with E-state index in [2.05, 4.69) is 45.9 Å². The van der Waals surface area contributed by atoms with Gasteiger partial charge in [0.1, 0.15) is 0 Å². The standard InChI is InChI=1S/C31H36N4O2/c36-30(32-17-8-18-34-20-16-24-9-4-5-10-27(24)22-34)26-12-6-11-25(21-26)28-13-7-19-35(23-28)31(37)33-29-14-2-1-3-15-29/h1-6,9-12,14-15,21,28H,7-8,13,16-20,22-23H2,(H,32,36)(H,33,37)/t28-/m0/s1. The molecule has 1 atom stereocenters. The average Bonchev–Trinajstić information content (AvgIpc) is 2.96. The summed E-state index contributed by atoms with van der Waals surface area (Å²) >= 11 is 0. The summed E-state index contributed by atoms with van der Waals surface area (Å²) < 4.78 is 0. The van der Waals surface area contributed by atoms with Crippen LogP contribution in [0.2, 0.25) is 0 Å². The number of piperidine rings is 1. The quantitative estimate of drug-likeness (QED) is 0.438. The molecule has 2 N–H and O–H groups in total. The molecule has 1 fully saturated rings. The van der Waals surface area contributed by atoms with Crippen molar-refractivity contribution in [2.45, 2.75) is 38.1 Å². The first-order chi connectivity index (χ1) is 18.2. The normalized spacial score (nSPS) is 17.6. The van der Waals surface area contributed by atoms with Crippen LogP contribution in [0.4, 0.5) is 10.5 Å². The fourth-order valence-corrected chi connectivity index (χ4v) is 5.44. The Morgan fingerprint density at radius 2 is 1.70 bits per heavy atom. The van der Waals surface area contributed by atoms with Gasteiger partial charge in [-0.15, -0.1) is 0 Å². The number of likely N-dealkylation sites (tertiary alicyclic amines) is 1. The number of urea groups is 1. The fraction of sp³-hybridized carbons (Fsp3) is 0.355. The molecule has 0 radical (unpaired) electrons. The molecule has 192 valence electrons. The highest BCUT2D eigenvalue weighted by molar-refractivity contribution is 5.94. The van der Waals surface area contributed by atoms with Gasteiger partial charge in [0.15, 0.2) is 0 Å². The maximum Gasteiger partial charge on any atom is 0.321 e. The molecule has 0 aromatic heterocycles. The molecule has 2 heterocycles. The molecular formula is C31H36N4O2. The molecule has 6 heteroatoms. The topological polar surface area (TPSA) is 64.7 Å². The molecule has 0 aliphatic carbocycles. The summed E-state index contributed by atoms with van der Waals surface area (Å²) in [7, 11) is 0.